The average molecular weight is 460 g/mol. The molecule has 0 saturated heterocycles. The Morgan fingerprint density at radius 1 is 1.20 bits per heavy atom. The van der Waals surface area contributed by atoms with E-state index in [-0.39, 0.29) is 22.2 Å². The first kappa shape index (κ1) is 21.9. The zero-order valence-electron chi connectivity index (χ0n) is 15.7. The smallest absolute Gasteiger partial charge is 0.435 e. The summed E-state index contributed by atoms with van der Waals surface area (Å²) >= 11 is 0.940. The van der Waals surface area contributed by atoms with Crippen molar-refractivity contribution in [3.63, 3.8) is 0 Å². The molecule has 0 saturated carbocycles. The van der Waals surface area contributed by atoms with Crippen molar-refractivity contribution >= 4 is 27.1 Å². The molecule has 3 aromatic rings. The Kier molecular flexibility index (Phi) is 5.94. The molecule has 1 aromatic carbocycles. The lowest BCUT2D eigenvalue weighted by molar-refractivity contribution is -0.146. The van der Waals surface area contributed by atoms with Crippen molar-refractivity contribution < 1.29 is 31.1 Å². The third-order valence-electron chi connectivity index (χ3n) is 3.81. The van der Waals surface area contributed by atoms with Gasteiger partial charge in [0.05, 0.1) is 11.5 Å². The summed E-state index contributed by atoms with van der Waals surface area (Å²) in [4.78, 5) is 11.8. The molecular weight excluding hydrogens is 445 g/mol. The minimum atomic E-state index is -4.72. The van der Waals surface area contributed by atoms with Gasteiger partial charge in [-0.2, -0.15) is 18.3 Å². The van der Waals surface area contributed by atoms with Crippen LogP contribution in [0.25, 0.3) is 21.3 Å². The second-order valence-electron chi connectivity index (χ2n) is 6.09. The molecule has 13 heteroatoms. The van der Waals surface area contributed by atoms with Gasteiger partial charge in [0, 0.05) is 11.8 Å². The summed E-state index contributed by atoms with van der Waals surface area (Å²) in [5.74, 6) is -0.749. The van der Waals surface area contributed by atoms with E-state index in [9.17, 15) is 26.4 Å². The van der Waals surface area contributed by atoms with E-state index in [1.165, 1.54) is 18.2 Å². The predicted molar refractivity (Wildman–Crippen MR) is 101 cm³/mol. The third-order valence-corrected chi connectivity index (χ3v) is 5.91. The fourth-order valence-corrected chi connectivity index (χ4v) is 4.01. The minimum absolute atomic E-state index is 0.0570. The molecule has 2 heterocycles. The van der Waals surface area contributed by atoms with Crippen LogP contribution in [-0.4, -0.2) is 47.2 Å². The van der Waals surface area contributed by atoms with Gasteiger partial charge < -0.3 is 4.74 Å². The van der Waals surface area contributed by atoms with Crippen LogP contribution in [0.5, 0.6) is 0 Å². The van der Waals surface area contributed by atoms with Gasteiger partial charge in [0.25, 0.3) is 0 Å². The number of aromatic nitrogens is 4. The maximum absolute atomic E-state index is 13.1. The number of carbonyl (C=O) groups excluding carboxylic acids is 1. The molecule has 160 valence electrons. The van der Waals surface area contributed by atoms with Crippen molar-refractivity contribution in [2.75, 3.05) is 12.9 Å². The van der Waals surface area contributed by atoms with Crippen molar-refractivity contribution in [1.29, 1.82) is 0 Å². The molecule has 0 aliphatic rings. The van der Waals surface area contributed by atoms with Gasteiger partial charge in [-0.3, -0.25) is 9.48 Å². The molecule has 0 N–H and O–H groups in total. The molecule has 0 bridgehead atoms. The number of benzene rings is 1. The van der Waals surface area contributed by atoms with E-state index in [1.54, 1.807) is 13.0 Å². The van der Waals surface area contributed by atoms with Crippen LogP contribution in [0.4, 0.5) is 13.2 Å². The first-order valence-corrected chi connectivity index (χ1v) is 11.1. The van der Waals surface area contributed by atoms with Gasteiger partial charge in [-0.15, -0.1) is 10.2 Å². The molecule has 0 fully saturated rings. The molecule has 30 heavy (non-hydrogen) atoms. The highest BCUT2D eigenvalue weighted by Gasteiger charge is 2.36. The second kappa shape index (κ2) is 8.14. The summed E-state index contributed by atoms with van der Waals surface area (Å²) in [5.41, 5.74) is -0.801. The zero-order valence-corrected chi connectivity index (χ0v) is 17.3. The van der Waals surface area contributed by atoms with E-state index in [0.29, 0.717) is 10.6 Å². The molecule has 0 atom stereocenters. The highest BCUT2D eigenvalue weighted by atomic mass is 32.2. The number of rotatable bonds is 6. The summed E-state index contributed by atoms with van der Waals surface area (Å²) in [5, 5.41) is 11.7. The fourth-order valence-electron chi connectivity index (χ4n) is 2.48. The normalized spacial score (nSPS) is 12.2. The highest BCUT2D eigenvalue weighted by molar-refractivity contribution is 7.90. The van der Waals surface area contributed by atoms with Crippen molar-refractivity contribution in [2.45, 2.75) is 24.5 Å². The van der Waals surface area contributed by atoms with Crippen molar-refractivity contribution in [2.24, 2.45) is 0 Å². The molecule has 2 aromatic heterocycles. The Morgan fingerprint density at radius 2 is 1.90 bits per heavy atom. The monoisotopic (exact) mass is 460 g/mol. The number of sulfone groups is 1. The molecule has 3 rings (SSSR count). The maximum atomic E-state index is 13.1. The topological polar surface area (TPSA) is 104 Å². The Bertz CT molecular complexity index is 1190. The van der Waals surface area contributed by atoms with Crippen molar-refractivity contribution in [3.05, 3.63) is 36.0 Å². The highest BCUT2D eigenvalue weighted by Crippen LogP contribution is 2.35. The summed E-state index contributed by atoms with van der Waals surface area (Å²) in [6, 6.07) is 6.73. The van der Waals surface area contributed by atoms with E-state index in [1.807, 2.05) is 0 Å². The van der Waals surface area contributed by atoms with E-state index < -0.39 is 34.2 Å². The number of nitrogens with zero attached hydrogens (tertiary/aromatic N) is 4. The second-order valence-corrected chi connectivity index (χ2v) is 9.08. The van der Waals surface area contributed by atoms with E-state index in [2.05, 4.69) is 15.3 Å². The Balaban J connectivity index is 2.02. The number of carbonyl (C=O) groups is 1. The number of alkyl halides is 3. The van der Waals surface area contributed by atoms with Gasteiger partial charge in [0.2, 0.25) is 0 Å². The summed E-state index contributed by atoms with van der Waals surface area (Å²) in [6.45, 7) is 1.11. The minimum Gasteiger partial charge on any atom is -0.465 e. The van der Waals surface area contributed by atoms with Crippen molar-refractivity contribution in [3.8, 4) is 21.3 Å². The summed E-state index contributed by atoms with van der Waals surface area (Å²) in [6.07, 6.45) is -3.66. The number of hydrogen-bond donors (Lipinski definition) is 0. The van der Waals surface area contributed by atoms with Crippen LogP contribution in [0, 0.1) is 0 Å². The standard InChI is InChI=1S/C17H15F3N4O4S2/c1-3-28-14(25)9-24-12(8-13(23-24)17(18,19)20)16-22-21-15(29-16)10-5-4-6-11(7-10)30(2,26)27/h4-8H,3,9H2,1-2H3. The molecule has 0 aliphatic heterocycles. The van der Waals surface area contributed by atoms with Crippen LogP contribution in [0.1, 0.15) is 12.6 Å². The molecule has 8 nitrogen and oxygen atoms in total. The molecule has 0 aliphatic carbocycles. The Labute approximate surface area is 173 Å². The molecule has 0 spiro atoms. The van der Waals surface area contributed by atoms with Crippen LogP contribution in [0.15, 0.2) is 35.2 Å². The quantitative estimate of drug-likeness (QED) is 0.521. The van der Waals surface area contributed by atoms with Gasteiger partial charge in [0.15, 0.2) is 20.5 Å². The van der Waals surface area contributed by atoms with Crippen LogP contribution < -0.4 is 0 Å². The SMILES string of the molecule is CCOC(=O)Cn1nc(C(F)(F)F)cc1-c1nnc(-c2cccc(S(C)(=O)=O)c2)s1. The lowest BCUT2D eigenvalue weighted by atomic mass is 10.2. The van der Waals surface area contributed by atoms with Gasteiger partial charge >= 0.3 is 12.1 Å². The lowest BCUT2D eigenvalue weighted by Gasteiger charge is -2.05. The van der Waals surface area contributed by atoms with Gasteiger partial charge in [0.1, 0.15) is 17.2 Å². The van der Waals surface area contributed by atoms with E-state index in [4.69, 9.17) is 4.74 Å². The number of halogens is 3. The summed E-state index contributed by atoms with van der Waals surface area (Å²) < 4.78 is 68.5. The third kappa shape index (κ3) is 4.84. The van der Waals surface area contributed by atoms with Gasteiger partial charge in [-0.1, -0.05) is 23.5 Å². The predicted octanol–water partition coefficient (Wildman–Crippen LogP) is 3.05. The summed E-state index contributed by atoms with van der Waals surface area (Å²) in [7, 11) is -3.45. The lowest BCUT2D eigenvalue weighted by Crippen LogP contribution is -2.16. The van der Waals surface area contributed by atoms with Crippen LogP contribution in [-0.2, 0) is 32.1 Å². The Morgan fingerprint density at radius 3 is 2.53 bits per heavy atom. The first-order chi connectivity index (χ1) is 14.0. The van der Waals surface area contributed by atoms with Gasteiger partial charge in [-0.25, -0.2) is 8.42 Å². The van der Waals surface area contributed by atoms with Gasteiger partial charge in [-0.05, 0) is 25.1 Å². The van der Waals surface area contributed by atoms with Crippen LogP contribution in [0.3, 0.4) is 0 Å². The first-order valence-electron chi connectivity index (χ1n) is 8.44. The fraction of sp³-hybridized carbons (Fsp3) is 0.294. The maximum Gasteiger partial charge on any atom is 0.435 e. The average Bonchev–Trinajstić information content (AvgIpc) is 3.28. The van der Waals surface area contributed by atoms with Crippen LogP contribution >= 0.6 is 11.3 Å². The zero-order chi connectivity index (χ0) is 22.1. The number of ether oxygens (including phenoxy) is 1. The largest absolute Gasteiger partial charge is 0.465 e. The van der Waals surface area contributed by atoms with Crippen LogP contribution in [0.2, 0.25) is 0 Å². The Hall–Kier alpha value is -2.80. The van der Waals surface area contributed by atoms with E-state index in [0.717, 1.165) is 28.3 Å². The number of hydrogen-bond acceptors (Lipinski definition) is 8. The molecule has 0 amide bonds. The number of esters is 1. The molecule has 0 radical (unpaired) electrons. The molecule has 0 unspecified atom stereocenters. The van der Waals surface area contributed by atoms with E-state index >= 15 is 0 Å². The molecular formula is C17H15F3N4O4S2. The van der Waals surface area contributed by atoms with Crippen molar-refractivity contribution in [1.82, 2.24) is 20.0 Å².